The molecule has 214 valence electrons. The van der Waals surface area contributed by atoms with Crippen LogP contribution >= 0.6 is 0 Å². The topological polar surface area (TPSA) is 165 Å². The van der Waals surface area contributed by atoms with Crippen LogP contribution in [0.1, 0.15) is 111 Å². The Hall–Kier alpha value is -1.26. The minimum atomic E-state index is -1.03. The molecule has 4 atom stereocenters. The van der Waals surface area contributed by atoms with Crippen LogP contribution in [0.5, 0.6) is 0 Å². The van der Waals surface area contributed by atoms with Gasteiger partial charge in [0.2, 0.25) is 11.8 Å². The van der Waals surface area contributed by atoms with Crippen molar-refractivity contribution in [2.45, 2.75) is 141 Å². The van der Waals surface area contributed by atoms with Crippen LogP contribution in [0.15, 0.2) is 0 Å². The molecule has 0 rings (SSSR count). The van der Waals surface area contributed by atoms with Gasteiger partial charge in [-0.3, -0.25) is 9.59 Å². The highest BCUT2D eigenvalue weighted by atomic mass is 16.3. The molecule has 0 aromatic heterocycles. The van der Waals surface area contributed by atoms with Gasteiger partial charge in [-0.2, -0.15) is 0 Å². The van der Waals surface area contributed by atoms with Crippen LogP contribution in [-0.2, 0) is 9.59 Å². The van der Waals surface area contributed by atoms with E-state index in [1.807, 2.05) is 0 Å². The fourth-order valence-electron chi connectivity index (χ4n) is 4.17. The summed E-state index contributed by atoms with van der Waals surface area (Å²) in [5.74, 6) is -1.23. The van der Waals surface area contributed by atoms with Gasteiger partial charge in [-0.05, 0) is 12.3 Å². The molecule has 0 aliphatic rings. The number of hydrogen-bond donors (Lipinski definition) is 7. The van der Waals surface area contributed by atoms with Crippen LogP contribution in [0.4, 0.5) is 0 Å². The molecule has 36 heavy (non-hydrogen) atoms. The summed E-state index contributed by atoms with van der Waals surface area (Å²) in [5.41, 5.74) is 5.99. The number of amides is 2. The van der Waals surface area contributed by atoms with Crippen molar-refractivity contribution in [3.8, 4) is 0 Å². The second-order valence-electron chi connectivity index (χ2n) is 10.5. The number of carbonyl (C=O) groups is 2. The number of nitrogens with one attached hydrogen (secondary N) is 2. The maximum absolute atomic E-state index is 12.4. The molecule has 0 aliphatic carbocycles. The highest BCUT2D eigenvalue weighted by molar-refractivity contribution is 5.88. The summed E-state index contributed by atoms with van der Waals surface area (Å²) < 4.78 is 0. The van der Waals surface area contributed by atoms with E-state index >= 15 is 0 Å². The standard InChI is InChI=1S/C27H55N3O6/c1-4-5-6-7-8-9-10-11-12-13-14-15-22(33)16-24(34)23(28)17-25(35)30-26(20(2)3)27(36)29-21(18-31)19-32/h20-24,26,31-34H,4-19,28H2,1-3H3,(H,29,36)(H,30,35). The van der Waals surface area contributed by atoms with E-state index in [9.17, 15) is 19.8 Å². The molecule has 0 heterocycles. The Balaban J connectivity index is 4.16. The number of rotatable bonds is 23. The van der Waals surface area contributed by atoms with E-state index in [2.05, 4.69) is 17.6 Å². The van der Waals surface area contributed by atoms with E-state index < -0.39 is 55.4 Å². The van der Waals surface area contributed by atoms with Crippen LogP contribution < -0.4 is 16.4 Å². The van der Waals surface area contributed by atoms with E-state index in [1.54, 1.807) is 13.8 Å². The maximum Gasteiger partial charge on any atom is 0.243 e. The first-order valence-electron chi connectivity index (χ1n) is 14.1. The van der Waals surface area contributed by atoms with E-state index in [-0.39, 0.29) is 18.8 Å². The van der Waals surface area contributed by atoms with Crippen molar-refractivity contribution in [2.75, 3.05) is 13.2 Å². The minimum Gasteiger partial charge on any atom is -0.394 e. The summed E-state index contributed by atoms with van der Waals surface area (Å²) in [6, 6.07) is -2.54. The van der Waals surface area contributed by atoms with Gasteiger partial charge in [0.1, 0.15) is 6.04 Å². The number of nitrogens with two attached hydrogens (primary N) is 1. The lowest BCUT2D eigenvalue weighted by Gasteiger charge is -2.26. The molecule has 0 aliphatic heterocycles. The van der Waals surface area contributed by atoms with Gasteiger partial charge >= 0.3 is 0 Å². The lowest BCUT2D eigenvalue weighted by atomic mass is 9.97. The zero-order chi connectivity index (χ0) is 27.3. The second kappa shape index (κ2) is 21.8. The van der Waals surface area contributed by atoms with Crippen LogP contribution in [-0.4, -0.2) is 75.8 Å². The van der Waals surface area contributed by atoms with E-state index in [4.69, 9.17) is 15.9 Å². The monoisotopic (exact) mass is 517 g/mol. The molecule has 9 heteroatoms. The van der Waals surface area contributed by atoms with Crippen LogP contribution in [0.25, 0.3) is 0 Å². The zero-order valence-electron chi connectivity index (χ0n) is 23.0. The zero-order valence-corrected chi connectivity index (χ0v) is 23.0. The third kappa shape index (κ3) is 17.2. The van der Waals surface area contributed by atoms with E-state index in [1.165, 1.54) is 51.4 Å². The molecule has 0 fully saturated rings. The fourth-order valence-corrected chi connectivity index (χ4v) is 4.17. The summed E-state index contributed by atoms with van der Waals surface area (Å²) in [5, 5.41) is 44.0. The molecule has 0 aromatic rings. The first-order valence-corrected chi connectivity index (χ1v) is 14.1. The minimum absolute atomic E-state index is 0.106. The molecule has 0 saturated heterocycles. The average molecular weight is 518 g/mol. The number of aliphatic hydroxyl groups is 4. The quantitative estimate of drug-likeness (QED) is 0.102. The molecule has 0 spiro atoms. The van der Waals surface area contributed by atoms with Gasteiger partial charge in [0, 0.05) is 18.9 Å². The Kier molecular flexibility index (Phi) is 21.0. The maximum atomic E-state index is 12.4. The van der Waals surface area contributed by atoms with Gasteiger partial charge in [-0.1, -0.05) is 91.4 Å². The Morgan fingerprint density at radius 3 is 1.78 bits per heavy atom. The van der Waals surface area contributed by atoms with Gasteiger partial charge in [-0.15, -0.1) is 0 Å². The predicted octanol–water partition coefficient (Wildman–Crippen LogP) is 2.13. The number of aliphatic hydroxyl groups excluding tert-OH is 4. The molecule has 9 nitrogen and oxygen atoms in total. The van der Waals surface area contributed by atoms with Crippen LogP contribution in [0.2, 0.25) is 0 Å². The van der Waals surface area contributed by atoms with Crippen molar-refractivity contribution in [3.63, 3.8) is 0 Å². The van der Waals surface area contributed by atoms with Gasteiger partial charge in [-0.25, -0.2) is 0 Å². The van der Waals surface area contributed by atoms with Crippen molar-refractivity contribution < 1.29 is 30.0 Å². The summed E-state index contributed by atoms with van der Waals surface area (Å²) >= 11 is 0. The highest BCUT2D eigenvalue weighted by Gasteiger charge is 2.28. The molecular weight excluding hydrogens is 462 g/mol. The summed E-state index contributed by atoms with van der Waals surface area (Å²) in [4.78, 5) is 24.8. The van der Waals surface area contributed by atoms with Crippen molar-refractivity contribution in [1.29, 1.82) is 0 Å². The van der Waals surface area contributed by atoms with Gasteiger partial charge < -0.3 is 36.8 Å². The lowest BCUT2D eigenvalue weighted by Crippen LogP contribution is -2.54. The first-order chi connectivity index (χ1) is 17.2. The van der Waals surface area contributed by atoms with E-state index in [0.29, 0.717) is 6.42 Å². The fraction of sp³-hybridized carbons (Fsp3) is 0.926. The molecular formula is C27H55N3O6. The number of hydrogen-bond acceptors (Lipinski definition) is 7. The first kappa shape index (κ1) is 34.7. The van der Waals surface area contributed by atoms with Gasteiger partial charge in [0.05, 0.1) is 31.5 Å². The van der Waals surface area contributed by atoms with Crippen molar-refractivity contribution >= 4 is 11.8 Å². The van der Waals surface area contributed by atoms with Crippen molar-refractivity contribution in [2.24, 2.45) is 11.7 Å². The third-order valence-electron chi connectivity index (χ3n) is 6.62. The highest BCUT2D eigenvalue weighted by Crippen LogP contribution is 2.15. The molecule has 2 amide bonds. The van der Waals surface area contributed by atoms with Gasteiger partial charge in [0.25, 0.3) is 0 Å². The molecule has 0 saturated carbocycles. The molecule has 0 bridgehead atoms. The Morgan fingerprint density at radius 1 is 0.806 bits per heavy atom. The Bertz CT molecular complexity index is 560. The molecule has 0 radical (unpaired) electrons. The van der Waals surface area contributed by atoms with E-state index in [0.717, 1.165) is 19.3 Å². The lowest BCUT2D eigenvalue weighted by molar-refractivity contribution is -0.131. The predicted molar refractivity (Wildman–Crippen MR) is 143 cm³/mol. The molecule has 0 aromatic carbocycles. The van der Waals surface area contributed by atoms with Crippen molar-refractivity contribution in [3.05, 3.63) is 0 Å². The van der Waals surface area contributed by atoms with Crippen LogP contribution in [0.3, 0.4) is 0 Å². The summed E-state index contributed by atoms with van der Waals surface area (Å²) in [6.45, 7) is 4.92. The average Bonchev–Trinajstić information content (AvgIpc) is 2.83. The smallest absolute Gasteiger partial charge is 0.243 e. The molecule has 4 unspecified atom stereocenters. The number of carbonyl (C=O) groups excluding carboxylic acids is 2. The number of unbranched alkanes of at least 4 members (excludes halogenated alkanes) is 10. The van der Waals surface area contributed by atoms with Gasteiger partial charge in [0.15, 0.2) is 0 Å². The molecule has 8 N–H and O–H groups in total. The van der Waals surface area contributed by atoms with Crippen molar-refractivity contribution in [1.82, 2.24) is 10.6 Å². The second-order valence-corrected chi connectivity index (χ2v) is 10.5. The third-order valence-corrected chi connectivity index (χ3v) is 6.62. The normalized spacial score (nSPS) is 15.1. The Morgan fingerprint density at radius 2 is 1.31 bits per heavy atom. The summed E-state index contributed by atoms with van der Waals surface area (Å²) in [6.07, 6.45) is 12.4. The largest absolute Gasteiger partial charge is 0.394 e. The SMILES string of the molecule is CCCCCCCCCCCCCC(O)CC(O)C(N)CC(=O)NC(C(=O)NC(CO)CO)C(C)C. The summed E-state index contributed by atoms with van der Waals surface area (Å²) in [7, 11) is 0. The van der Waals surface area contributed by atoms with Crippen LogP contribution in [0, 0.1) is 5.92 Å². The Labute approximate surface area is 218 Å².